The molecule has 0 atom stereocenters. The Balaban J connectivity index is 1.39. The standard InChI is InChI=1S/C24H24N4O3S2/c1-17-13-18(2)26-24(22(17)15-25)32-16-23(29)27-9-11-28(12-10-27)33(30,31)21-8-7-19-5-3-4-6-20(19)14-21/h3-8,13-14H,9-12,16H2,1-2H3. The number of piperazine rings is 1. The van der Waals surface area contributed by atoms with E-state index >= 15 is 0 Å². The van der Waals surface area contributed by atoms with Crippen LogP contribution in [-0.4, -0.2) is 60.4 Å². The second-order valence-electron chi connectivity index (χ2n) is 7.95. The molecule has 2 heterocycles. The minimum atomic E-state index is -3.63. The van der Waals surface area contributed by atoms with E-state index in [2.05, 4.69) is 11.1 Å². The molecule has 1 aliphatic rings. The van der Waals surface area contributed by atoms with E-state index in [1.807, 2.05) is 50.2 Å². The van der Waals surface area contributed by atoms with Crippen molar-refractivity contribution in [2.45, 2.75) is 23.8 Å². The Morgan fingerprint density at radius 1 is 1.06 bits per heavy atom. The summed E-state index contributed by atoms with van der Waals surface area (Å²) in [5.74, 6) is 0.0646. The van der Waals surface area contributed by atoms with Gasteiger partial charge >= 0.3 is 0 Å². The van der Waals surface area contributed by atoms with Gasteiger partial charge in [-0.05, 0) is 48.4 Å². The molecule has 170 valence electrons. The van der Waals surface area contributed by atoms with Crippen LogP contribution >= 0.6 is 11.8 Å². The van der Waals surface area contributed by atoms with Crippen molar-refractivity contribution in [2.75, 3.05) is 31.9 Å². The second kappa shape index (κ2) is 9.51. The monoisotopic (exact) mass is 480 g/mol. The molecule has 1 fully saturated rings. The fraction of sp³-hybridized carbons (Fsp3) is 0.292. The predicted molar refractivity (Wildman–Crippen MR) is 128 cm³/mol. The summed E-state index contributed by atoms with van der Waals surface area (Å²) in [6, 6.07) is 16.8. The highest BCUT2D eigenvalue weighted by molar-refractivity contribution is 8.00. The summed E-state index contributed by atoms with van der Waals surface area (Å²) in [6.07, 6.45) is 0. The summed E-state index contributed by atoms with van der Waals surface area (Å²) in [7, 11) is -3.63. The Hall–Kier alpha value is -2.93. The number of sulfonamides is 1. The highest BCUT2D eigenvalue weighted by atomic mass is 32.2. The van der Waals surface area contributed by atoms with Crippen molar-refractivity contribution in [3.63, 3.8) is 0 Å². The summed E-state index contributed by atoms with van der Waals surface area (Å²) < 4.78 is 27.7. The van der Waals surface area contributed by atoms with Crippen molar-refractivity contribution < 1.29 is 13.2 Å². The molecule has 0 unspecified atom stereocenters. The van der Waals surface area contributed by atoms with Crippen LogP contribution in [0.25, 0.3) is 10.8 Å². The number of carbonyl (C=O) groups is 1. The van der Waals surface area contributed by atoms with Crippen LogP contribution in [0.1, 0.15) is 16.8 Å². The molecular formula is C24H24N4O3S2. The van der Waals surface area contributed by atoms with Gasteiger partial charge in [0.2, 0.25) is 15.9 Å². The number of pyridine rings is 1. The number of hydrogen-bond donors (Lipinski definition) is 0. The molecule has 3 aromatic rings. The molecule has 33 heavy (non-hydrogen) atoms. The fourth-order valence-corrected chi connectivity index (χ4v) is 6.38. The molecule has 1 aromatic heterocycles. The molecule has 7 nitrogen and oxygen atoms in total. The number of benzene rings is 2. The average molecular weight is 481 g/mol. The van der Waals surface area contributed by atoms with Gasteiger partial charge in [-0.1, -0.05) is 42.1 Å². The van der Waals surface area contributed by atoms with Crippen molar-refractivity contribution in [1.29, 1.82) is 5.26 Å². The van der Waals surface area contributed by atoms with E-state index in [0.29, 0.717) is 23.7 Å². The molecule has 1 aliphatic heterocycles. The van der Waals surface area contributed by atoms with E-state index in [4.69, 9.17) is 0 Å². The van der Waals surface area contributed by atoms with Crippen LogP contribution in [0.3, 0.4) is 0 Å². The molecule has 0 spiro atoms. The SMILES string of the molecule is Cc1cc(C)c(C#N)c(SCC(=O)N2CCN(S(=O)(=O)c3ccc4ccccc4c3)CC2)n1. The van der Waals surface area contributed by atoms with Gasteiger partial charge in [-0.15, -0.1) is 0 Å². The lowest BCUT2D eigenvalue weighted by Gasteiger charge is -2.34. The number of hydrogen-bond acceptors (Lipinski definition) is 6. The number of fused-ring (bicyclic) bond motifs is 1. The number of aryl methyl sites for hydroxylation is 2. The Kier molecular flexibility index (Phi) is 6.70. The van der Waals surface area contributed by atoms with Gasteiger partial charge < -0.3 is 4.90 Å². The molecule has 1 amide bonds. The van der Waals surface area contributed by atoms with Crippen molar-refractivity contribution in [1.82, 2.24) is 14.2 Å². The number of nitriles is 1. The van der Waals surface area contributed by atoms with E-state index in [1.54, 1.807) is 17.0 Å². The number of rotatable bonds is 5. The first-order valence-electron chi connectivity index (χ1n) is 10.6. The Labute approximate surface area is 198 Å². The van der Waals surface area contributed by atoms with Crippen LogP contribution in [0.5, 0.6) is 0 Å². The van der Waals surface area contributed by atoms with E-state index in [9.17, 15) is 18.5 Å². The molecule has 4 rings (SSSR count). The zero-order valence-electron chi connectivity index (χ0n) is 18.5. The Bertz CT molecular complexity index is 1360. The molecule has 2 aromatic carbocycles. The summed E-state index contributed by atoms with van der Waals surface area (Å²) >= 11 is 1.25. The molecular weight excluding hydrogens is 456 g/mol. The number of thioether (sulfide) groups is 1. The number of carbonyl (C=O) groups excluding carboxylic acids is 1. The third-order valence-electron chi connectivity index (χ3n) is 5.71. The highest BCUT2D eigenvalue weighted by Gasteiger charge is 2.30. The highest BCUT2D eigenvalue weighted by Crippen LogP contribution is 2.25. The molecule has 0 aliphatic carbocycles. The number of amides is 1. The van der Waals surface area contributed by atoms with Gasteiger partial charge in [0.1, 0.15) is 11.1 Å². The molecule has 0 N–H and O–H groups in total. The smallest absolute Gasteiger partial charge is 0.243 e. The zero-order valence-corrected chi connectivity index (χ0v) is 20.1. The Morgan fingerprint density at radius 2 is 1.76 bits per heavy atom. The average Bonchev–Trinajstić information content (AvgIpc) is 2.82. The first kappa shape index (κ1) is 23.2. The number of aromatic nitrogens is 1. The maximum absolute atomic E-state index is 13.1. The Morgan fingerprint density at radius 3 is 2.45 bits per heavy atom. The van der Waals surface area contributed by atoms with Crippen molar-refractivity contribution in [3.05, 3.63) is 65.4 Å². The molecule has 0 saturated carbocycles. The van der Waals surface area contributed by atoms with E-state index in [-0.39, 0.29) is 29.6 Å². The topological polar surface area (TPSA) is 94.4 Å². The van der Waals surface area contributed by atoms with Crippen LogP contribution in [0.4, 0.5) is 0 Å². The van der Waals surface area contributed by atoms with Crippen molar-refractivity contribution in [3.8, 4) is 6.07 Å². The van der Waals surface area contributed by atoms with E-state index in [1.165, 1.54) is 16.1 Å². The lowest BCUT2D eigenvalue weighted by atomic mass is 10.1. The minimum absolute atomic E-state index is 0.0902. The summed E-state index contributed by atoms with van der Waals surface area (Å²) in [5.41, 5.74) is 2.13. The third kappa shape index (κ3) is 4.88. The van der Waals surface area contributed by atoms with Gasteiger partial charge in [0.05, 0.1) is 16.2 Å². The van der Waals surface area contributed by atoms with Gasteiger partial charge in [0.15, 0.2) is 0 Å². The second-order valence-corrected chi connectivity index (χ2v) is 10.9. The van der Waals surface area contributed by atoms with Crippen molar-refractivity contribution in [2.24, 2.45) is 0 Å². The van der Waals surface area contributed by atoms with Crippen LogP contribution in [0.2, 0.25) is 0 Å². The first-order chi connectivity index (χ1) is 15.8. The summed E-state index contributed by atoms with van der Waals surface area (Å²) in [5, 5.41) is 11.8. The first-order valence-corrected chi connectivity index (χ1v) is 13.0. The fourth-order valence-electron chi connectivity index (χ4n) is 3.92. The maximum Gasteiger partial charge on any atom is 0.243 e. The van der Waals surface area contributed by atoms with E-state index < -0.39 is 10.0 Å². The predicted octanol–water partition coefficient (Wildman–Crippen LogP) is 3.35. The third-order valence-corrected chi connectivity index (χ3v) is 8.56. The summed E-state index contributed by atoms with van der Waals surface area (Å²) in [4.78, 5) is 19.1. The van der Waals surface area contributed by atoms with Gasteiger partial charge in [0.25, 0.3) is 0 Å². The molecule has 0 bridgehead atoms. The van der Waals surface area contributed by atoms with Gasteiger partial charge in [-0.3, -0.25) is 4.79 Å². The summed E-state index contributed by atoms with van der Waals surface area (Å²) in [6.45, 7) is 4.87. The van der Waals surface area contributed by atoms with Gasteiger partial charge in [0, 0.05) is 31.9 Å². The van der Waals surface area contributed by atoms with Crippen molar-refractivity contribution >= 4 is 38.5 Å². The normalized spacial score (nSPS) is 14.9. The maximum atomic E-state index is 13.1. The molecule has 0 radical (unpaired) electrons. The zero-order chi connectivity index (χ0) is 23.6. The van der Waals surface area contributed by atoms with Crippen LogP contribution in [0, 0.1) is 25.2 Å². The molecule has 1 saturated heterocycles. The molecule has 9 heteroatoms. The van der Waals surface area contributed by atoms with Gasteiger partial charge in [-0.25, -0.2) is 13.4 Å². The van der Waals surface area contributed by atoms with Gasteiger partial charge in [-0.2, -0.15) is 9.57 Å². The quantitative estimate of drug-likeness (QED) is 0.520. The number of nitrogens with zero attached hydrogens (tertiary/aromatic N) is 4. The lowest BCUT2D eigenvalue weighted by molar-refractivity contribution is -0.129. The van der Waals surface area contributed by atoms with Crippen LogP contribution in [0.15, 0.2) is 58.5 Å². The lowest BCUT2D eigenvalue weighted by Crippen LogP contribution is -2.50. The largest absolute Gasteiger partial charge is 0.339 e. The minimum Gasteiger partial charge on any atom is -0.339 e. The van der Waals surface area contributed by atoms with Crippen LogP contribution < -0.4 is 0 Å². The van der Waals surface area contributed by atoms with E-state index in [0.717, 1.165) is 22.0 Å². The van der Waals surface area contributed by atoms with Crippen LogP contribution in [-0.2, 0) is 14.8 Å².